The fourth-order valence-electron chi connectivity index (χ4n) is 4.58. The molecule has 2 saturated heterocycles. The van der Waals surface area contributed by atoms with Crippen molar-refractivity contribution in [3.8, 4) is 5.88 Å². The normalized spacial score (nSPS) is 18.7. The van der Waals surface area contributed by atoms with Gasteiger partial charge in [-0.3, -0.25) is 14.5 Å². The maximum Gasteiger partial charge on any atom is 0.253 e. The molecule has 0 saturated carbocycles. The van der Waals surface area contributed by atoms with Crippen LogP contribution in [0.5, 0.6) is 5.88 Å². The van der Waals surface area contributed by atoms with Gasteiger partial charge in [-0.05, 0) is 62.5 Å². The molecule has 0 aliphatic carbocycles. The molecule has 2 fully saturated rings. The quantitative estimate of drug-likeness (QED) is 0.558. The Kier molecular flexibility index (Phi) is 8.71. The summed E-state index contributed by atoms with van der Waals surface area (Å²) in [6.45, 7) is 4.34. The Balaban J connectivity index is 1.25. The van der Waals surface area contributed by atoms with E-state index in [0.29, 0.717) is 47.5 Å². The van der Waals surface area contributed by atoms with Gasteiger partial charge >= 0.3 is 0 Å². The highest BCUT2D eigenvalue weighted by Gasteiger charge is 2.28. The molecule has 186 valence electrons. The van der Waals surface area contributed by atoms with Crippen molar-refractivity contribution >= 4 is 29.1 Å². The van der Waals surface area contributed by atoms with E-state index in [1.54, 1.807) is 36.5 Å². The molecule has 2 aliphatic heterocycles. The Bertz CT molecular complexity index is 1050. The van der Waals surface area contributed by atoms with E-state index in [4.69, 9.17) is 16.3 Å². The van der Waals surface area contributed by atoms with Gasteiger partial charge in [0, 0.05) is 43.4 Å². The van der Waals surface area contributed by atoms with Gasteiger partial charge in [-0.15, -0.1) is 0 Å². The van der Waals surface area contributed by atoms with Crippen LogP contribution < -0.4 is 10.1 Å². The first-order chi connectivity index (χ1) is 17.0. The lowest BCUT2D eigenvalue weighted by Crippen LogP contribution is -2.29. The number of hydrogen-bond donors (Lipinski definition) is 1. The van der Waals surface area contributed by atoms with Gasteiger partial charge in [0.2, 0.25) is 11.8 Å². The van der Waals surface area contributed by atoms with Crippen molar-refractivity contribution in [3.05, 3.63) is 59.0 Å². The molecule has 2 amide bonds. The van der Waals surface area contributed by atoms with Crippen LogP contribution in [-0.2, 0) is 11.2 Å². The average molecular weight is 498 g/mol. The molecule has 1 N–H and O–H groups in total. The highest BCUT2D eigenvalue weighted by atomic mass is 35.5. The Labute approximate surface area is 211 Å². The van der Waals surface area contributed by atoms with Crippen LogP contribution in [0.15, 0.2) is 42.6 Å². The molecule has 2 aliphatic rings. The molecule has 1 aromatic heterocycles. The SMILES string of the molecule is COc1nc(C[C@@H]2CCN(C(=O)c3ccc(NC(=O)/C=C/CN4CCCCC4)cc3)C2)ncc1Cl. The van der Waals surface area contributed by atoms with Crippen LogP contribution >= 0.6 is 11.6 Å². The van der Waals surface area contributed by atoms with Crippen LogP contribution in [0.3, 0.4) is 0 Å². The summed E-state index contributed by atoms with van der Waals surface area (Å²) in [5.41, 5.74) is 1.27. The second-order valence-corrected chi connectivity index (χ2v) is 9.49. The predicted octanol–water partition coefficient (Wildman–Crippen LogP) is 3.82. The number of nitrogens with zero attached hydrogens (tertiary/aromatic N) is 4. The number of amides is 2. The largest absolute Gasteiger partial charge is 0.480 e. The van der Waals surface area contributed by atoms with Crippen molar-refractivity contribution in [3.63, 3.8) is 0 Å². The third-order valence-electron chi connectivity index (χ3n) is 6.48. The van der Waals surface area contributed by atoms with Gasteiger partial charge in [0.25, 0.3) is 5.91 Å². The number of aromatic nitrogens is 2. The first-order valence-corrected chi connectivity index (χ1v) is 12.5. The fraction of sp³-hybridized carbons (Fsp3) is 0.462. The zero-order valence-corrected chi connectivity index (χ0v) is 20.8. The fourth-order valence-corrected chi connectivity index (χ4v) is 4.75. The highest BCUT2D eigenvalue weighted by Crippen LogP contribution is 2.25. The zero-order chi connectivity index (χ0) is 24.6. The summed E-state index contributed by atoms with van der Waals surface area (Å²) in [4.78, 5) is 38.0. The molecule has 1 atom stereocenters. The number of anilines is 1. The summed E-state index contributed by atoms with van der Waals surface area (Å²) in [6.07, 6.45) is 10.3. The molecule has 0 spiro atoms. The minimum atomic E-state index is -0.162. The molecule has 35 heavy (non-hydrogen) atoms. The second kappa shape index (κ2) is 12.1. The molecule has 0 unspecified atom stereocenters. The standard InChI is InChI=1S/C26H32ClN5O3/c1-35-25-22(27)17-28-23(30-25)16-19-11-15-32(18-19)26(34)20-7-9-21(10-8-20)29-24(33)6-5-14-31-12-3-2-4-13-31/h5-10,17,19H,2-4,11-16,18H2,1H3,(H,29,33)/b6-5+/t19-/m0/s1. The number of hydrogen-bond acceptors (Lipinski definition) is 6. The van der Waals surface area contributed by atoms with E-state index in [0.717, 1.165) is 26.1 Å². The summed E-state index contributed by atoms with van der Waals surface area (Å²) in [5.74, 6) is 1.13. The van der Waals surface area contributed by atoms with Crippen LogP contribution in [0.25, 0.3) is 0 Å². The number of methoxy groups -OCH3 is 1. The van der Waals surface area contributed by atoms with Gasteiger partial charge in [-0.25, -0.2) is 4.98 Å². The Morgan fingerprint density at radius 2 is 1.94 bits per heavy atom. The molecule has 8 nitrogen and oxygen atoms in total. The van der Waals surface area contributed by atoms with Gasteiger partial charge in [-0.2, -0.15) is 4.98 Å². The number of halogens is 1. The summed E-state index contributed by atoms with van der Waals surface area (Å²) < 4.78 is 5.17. The van der Waals surface area contributed by atoms with Crippen LogP contribution in [-0.4, -0.2) is 71.4 Å². The first kappa shape index (κ1) is 25.1. The lowest BCUT2D eigenvalue weighted by atomic mass is 10.0. The van der Waals surface area contributed by atoms with Crippen LogP contribution in [0.1, 0.15) is 41.9 Å². The Hall–Kier alpha value is -2.97. The number of ether oxygens (including phenoxy) is 1. The number of carbonyl (C=O) groups excluding carboxylic acids is 2. The van der Waals surface area contributed by atoms with Gasteiger partial charge in [0.15, 0.2) is 0 Å². The minimum Gasteiger partial charge on any atom is -0.480 e. The molecule has 1 aromatic carbocycles. The number of likely N-dealkylation sites (tertiary alicyclic amines) is 2. The molecule has 9 heteroatoms. The number of rotatable bonds is 8. The third-order valence-corrected chi connectivity index (χ3v) is 6.74. The van der Waals surface area contributed by atoms with Crippen LogP contribution in [0.4, 0.5) is 5.69 Å². The Morgan fingerprint density at radius 1 is 1.17 bits per heavy atom. The second-order valence-electron chi connectivity index (χ2n) is 9.08. The van der Waals surface area contributed by atoms with E-state index < -0.39 is 0 Å². The third kappa shape index (κ3) is 7.02. The molecular formula is C26H32ClN5O3. The number of carbonyl (C=O) groups is 2. The molecule has 4 rings (SSSR count). The number of benzene rings is 1. The van der Waals surface area contributed by atoms with Crippen molar-refractivity contribution in [2.45, 2.75) is 32.1 Å². The summed E-state index contributed by atoms with van der Waals surface area (Å²) in [5, 5.41) is 3.24. The summed E-state index contributed by atoms with van der Waals surface area (Å²) in [6, 6.07) is 7.06. The van der Waals surface area contributed by atoms with E-state index in [1.807, 2.05) is 11.0 Å². The number of nitrogens with one attached hydrogen (secondary N) is 1. The van der Waals surface area contributed by atoms with Crippen molar-refractivity contribution < 1.29 is 14.3 Å². The van der Waals surface area contributed by atoms with Gasteiger partial charge in [-0.1, -0.05) is 24.1 Å². The molecular weight excluding hydrogens is 466 g/mol. The van der Waals surface area contributed by atoms with Crippen molar-refractivity contribution in [1.29, 1.82) is 0 Å². The van der Waals surface area contributed by atoms with Gasteiger partial charge in [0.1, 0.15) is 10.8 Å². The molecule has 0 bridgehead atoms. The zero-order valence-electron chi connectivity index (χ0n) is 20.1. The predicted molar refractivity (Wildman–Crippen MR) is 136 cm³/mol. The maximum absolute atomic E-state index is 13.0. The van der Waals surface area contributed by atoms with E-state index in [2.05, 4.69) is 20.2 Å². The van der Waals surface area contributed by atoms with Crippen molar-refractivity contribution in [2.24, 2.45) is 5.92 Å². The molecule has 2 aromatic rings. The lowest BCUT2D eigenvalue weighted by molar-refractivity contribution is -0.111. The highest BCUT2D eigenvalue weighted by molar-refractivity contribution is 6.31. The van der Waals surface area contributed by atoms with Gasteiger partial charge in [0.05, 0.1) is 13.3 Å². The topological polar surface area (TPSA) is 87.7 Å². The maximum atomic E-state index is 13.0. The van der Waals surface area contributed by atoms with E-state index in [9.17, 15) is 9.59 Å². The molecule has 3 heterocycles. The average Bonchev–Trinajstić information content (AvgIpc) is 3.34. The monoisotopic (exact) mass is 497 g/mol. The van der Waals surface area contributed by atoms with E-state index in [-0.39, 0.29) is 17.7 Å². The first-order valence-electron chi connectivity index (χ1n) is 12.2. The van der Waals surface area contributed by atoms with Crippen LogP contribution in [0.2, 0.25) is 5.02 Å². The number of piperidine rings is 1. The molecule has 0 radical (unpaired) electrons. The van der Waals surface area contributed by atoms with E-state index in [1.165, 1.54) is 26.4 Å². The van der Waals surface area contributed by atoms with Crippen LogP contribution in [0, 0.1) is 5.92 Å². The summed E-state index contributed by atoms with van der Waals surface area (Å²) in [7, 11) is 1.53. The summed E-state index contributed by atoms with van der Waals surface area (Å²) >= 11 is 6.00. The van der Waals surface area contributed by atoms with Crippen molar-refractivity contribution in [2.75, 3.05) is 45.2 Å². The minimum absolute atomic E-state index is 0.0126. The van der Waals surface area contributed by atoms with Gasteiger partial charge < -0.3 is 15.0 Å². The smallest absolute Gasteiger partial charge is 0.253 e. The van der Waals surface area contributed by atoms with Crippen molar-refractivity contribution in [1.82, 2.24) is 19.8 Å². The van der Waals surface area contributed by atoms with E-state index >= 15 is 0 Å². The lowest BCUT2D eigenvalue weighted by Gasteiger charge is -2.24. The Morgan fingerprint density at radius 3 is 2.69 bits per heavy atom.